The number of anilines is 1. The van der Waals surface area contributed by atoms with Crippen LogP contribution in [-0.4, -0.2) is 44.5 Å². The second kappa shape index (κ2) is 6.72. The number of rotatable bonds is 3. The number of benzene rings is 1. The zero-order valence-corrected chi connectivity index (χ0v) is 14.5. The highest BCUT2D eigenvalue weighted by Crippen LogP contribution is 2.28. The van der Waals surface area contributed by atoms with E-state index in [-0.39, 0.29) is 31.2 Å². The summed E-state index contributed by atoms with van der Waals surface area (Å²) in [6.07, 6.45) is 3.02. The van der Waals surface area contributed by atoms with Crippen LogP contribution in [0.3, 0.4) is 0 Å². The first-order valence-electron chi connectivity index (χ1n) is 8.56. The van der Waals surface area contributed by atoms with Crippen LogP contribution in [0.25, 0.3) is 0 Å². The SMILES string of the molecule is O=C1CCC(N2Cc3cc(C(=O)Nc4cnc(=O)[nH]c4)ccc3C2=O)C(=O)N1. The Labute approximate surface area is 158 Å². The monoisotopic (exact) mass is 381 g/mol. The Morgan fingerprint density at radius 1 is 1.21 bits per heavy atom. The van der Waals surface area contributed by atoms with E-state index >= 15 is 0 Å². The van der Waals surface area contributed by atoms with Gasteiger partial charge in [-0.3, -0.25) is 24.5 Å². The van der Waals surface area contributed by atoms with E-state index < -0.39 is 23.5 Å². The van der Waals surface area contributed by atoms with Gasteiger partial charge in [0.05, 0.1) is 11.9 Å². The average Bonchev–Trinajstić information content (AvgIpc) is 2.99. The number of carbonyl (C=O) groups is 4. The van der Waals surface area contributed by atoms with Crippen molar-refractivity contribution in [3.8, 4) is 0 Å². The van der Waals surface area contributed by atoms with Gasteiger partial charge in [-0.1, -0.05) is 0 Å². The number of aromatic nitrogens is 2. The van der Waals surface area contributed by atoms with Gasteiger partial charge in [0, 0.05) is 30.3 Å². The largest absolute Gasteiger partial charge is 0.345 e. The molecule has 28 heavy (non-hydrogen) atoms. The molecule has 1 atom stereocenters. The van der Waals surface area contributed by atoms with E-state index in [1.165, 1.54) is 23.4 Å². The fourth-order valence-electron chi connectivity index (χ4n) is 3.33. The fraction of sp³-hybridized carbons (Fsp3) is 0.222. The molecule has 2 aliphatic rings. The number of fused-ring (bicyclic) bond motifs is 1. The second-order valence-corrected chi connectivity index (χ2v) is 6.53. The van der Waals surface area contributed by atoms with Crippen LogP contribution < -0.4 is 16.3 Å². The summed E-state index contributed by atoms with van der Waals surface area (Å²) in [7, 11) is 0. The molecule has 10 heteroatoms. The molecular weight excluding hydrogens is 366 g/mol. The maximum Gasteiger partial charge on any atom is 0.345 e. The van der Waals surface area contributed by atoms with Crippen molar-refractivity contribution in [2.45, 2.75) is 25.4 Å². The lowest BCUT2D eigenvalue weighted by Crippen LogP contribution is -2.52. The summed E-state index contributed by atoms with van der Waals surface area (Å²) in [5.41, 5.74) is 1.17. The molecule has 1 aromatic carbocycles. The normalized spacial score (nSPS) is 18.6. The van der Waals surface area contributed by atoms with Crippen LogP contribution >= 0.6 is 0 Å². The highest BCUT2D eigenvalue weighted by molar-refractivity contribution is 6.07. The Bertz CT molecular complexity index is 1060. The van der Waals surface area contributed by atoms with Crippen LogP contribution in [-0.2, 0) is 16.1 Å². The fourth-order valence-corrected chi connectivity index (χ4v) is 3.33. The van der Waals surface area contributed by atoms with Crippen molar-refractivity contribution < 1.29 is 19.2 Å². The molecule has 1 fully saturated rings. The Morgan fingerprint density at radius 3 is 2.75 bits per heavy atom. The summed E-state index contributed by atoms with van der Waals surface area (Å²) in [6, 6.07) is 3.94. The van der Waals surface area contributed by atoms with Gasteiger partial charge in [0.15, 0.2) is 0 Å². The van der Waals surface area contributed by atoms with E-state index in [9.17, 15) is 24.0 Å². The molecular formula is C18H15N5O5. The lowest BCUT2D eigenvalue weighted by molar-refractivity contribution is -0.136. The third-order valence-electron chi connectivity index (χ3n) is 4.72. The highest BCUT2D eigenvalue weighted by atomic mass is 16.2. The number of nitrogens with one attached hydrogen (secondary N) is 3. The van der Waals surface area contributed by atoms with Crippen LogP contribution in [0.15, 0.2) is 35.4 Å². The van der Waals surface area contributed by atoms with E-state index in [4.69, 9.17) is 0 Å². The van der Waals surface area contributed by atoms with Crippen molar-refractivity contribution in [1.82, 2.24) is 20.2 Å². The smallest absolute Gasteiger partial charge is 0.322 e. The summed E-state index contributed by atoms with van der Waals surface area (Å²) < 4.78 is 0. The molecule has 142 valence electrons. The molecule has 0 aliphatic carbocycles. The van der Waals surface area contributed by atoms with E-state index in [0.29, 0.717) is 22.4 Å². The molecule has 3 N–H and O–H groups in total. The van der Waals surface area contributed by atoms with Crippen molar-refractivity contribution in [2.24, 2.45) is 0 Å². The number of hydrogen-bond acceptors (Lipinski definition) is 6. The van der Waals surface area contributed by atoms with Gasteiger partial charge in [0.25, 0.3) is 11.8 Å². The first-order chi connectivity index (χ1) is 13.4. The Balaban J connectivity index is 1.52. The van der Waals surface area contributed by atoms with Gasteiger partial charge < -0.3 is 15.2 Å². The number of imide groups is 1. The second-order valence-electron chi connectivity index (χ2n) is 6.53. The minimum atomic E-state index is -0.706. The lowest BCUT2D eigenvalue weighted by atomic mass is 10.0. The molecule has 4 amide bonds. The molecule has 0 radical (unpaired) electrons. The molecule has 3 heterocycles. The van der Waals surface area contributed by atoms with Crippen molar-refractivity contribution in [2.75, 3.05) is 5.32 Å². The Morgan fingerprint density at radius 2 is 2.04 bits per heavy atom. The molecule has 1 unspecified atom stereocenters. The summed E-state index contributed by atoms with van der Waals surface area (Å²) in [4.78, 5) is 66.7. The Hall–Kier alpha value is -3.82. The van der Waals surface area contributed by atoms with Gasteiger partial charge >= 0.3 is 5.69 Å². The van der Waals surface area contributed by atoms with Crippen LogP contribution in [0, 0.1) is 0 Å². The number of nitrogens with zero attached hydrogens (tertiary/aromatic N) is 2. The maximum atomic E-state index is 12.6. The van der Waals surface area contributed by atoms with Crippen LogP contribution in [0.4, 0.5) is 5.69 Å². The minimum absolute atomic E-state index is 0.178. The third kappa shape index (κ3) is 3.15. The molecule has 10 nitrogen and oxygen atoms in total. The lowest BCUT2D eigenvalue weighted by Gasteiger charge is -2.29. The first kappa shape index (κ1) is 17.6. The summed E-state index contributed by atoms with van der Waals surface area (Å²) in [5, 5.41) is 4.85. The average molecular weight is 381 g/mol. The predicted molar refractivity (Wildman–Crippen MR) is 95.3 cm³/mol. The van der Waals surface area contributed by atoms with Crippen molar-refractivity contribution >= 4 is 29.3 Å². The zero-order valence-electron chi connectivity index (χ0n) is 14.5. The summed E-state index contributed by atoms with van der Waals surface area (Å²) in [5.74, 6) is -1.56. The van der Waals surface area contributed by atoms with E-state index in [1.807, 2.05) is 0 Å². The standard InChI is InChI=1S/C18H15N5O5/c24-14-4-3-13(16(26)22-14)23-8-10-5-9(1-2-12(10)17(23)27)15(25)21-11-6-19-18(28)20-7-11/h1-2,5-7,13H,3-4,8H2,(H,21,25)(H,19,20,28)(H,22,24,26). The quantitative estimate of drug-likeness (QED) is 0.628. The molecule has 1 saturated heterocycles. The molecule has 1 aromatic heterocycles. The number of carbonyl (C=O) groups excluding carboxylic acids is 4. The maximum absolute atomic E-state index is 12.6. The van der Waals surface area contributed by atoms with Gasteiger partial charge in [-0.25, -0.2) is 4.79 Å². The zero-order chi connectivity index (χ0) is 19.8. The number of piperidine rings is 1. The predicted octanol–water partition coefficient (Wildman–Crippen LogP) is -0.217. The number of hydrogen-bond donors (Lipinski definition) is 3. The van der Waals surface area contributed by atoms with Gasteiger partial charge in [-0.15, -0.1) is 0 Å². The topological polar surface area (TPSA) is 141 Å². The van der Waals surface area contributed by atoms with Gasteiger partial charge in [0.2, 0.25) is 11.8 Å². The van der Waals surface area contributed by atoms with Crippen molar-refractivity contribution in [3.63, 3.8) is 0 Å². The summed E-state index contributed by atoms with van der Waals surface area (Å²) >= 11 is 0. The molecule has 0 saturated carbocycles. The molecule has 2 aromatic rings. The van der Waals surface area contributed by atoms with E-state index in [2.05, 4.69) is 20.6 Å². The number of amides is 4. The molecule has 0 spiro atoms. The van der Waals surface area contributed by atoms with Crippen molar-refractivity contribution in [1.29, 1.82) is 0 Å². The third-order valence-corrected chi connectivity index (χ3v) is 4.72. The minimum Gasteiger partial charge on any atom is -0.322 e. The number of aromatic amines is 1. The molecule has 0 bridgehead atoms. The molecule has 4 rings (SSSR count). The molecule has 2 aliphatic heterocycles. The van der Waals surface area contributed by atoms with Gasteiger partial charge in [-0.05, 0) is 30.2 Å². The highest BCUT2D eigenvalue weighted by Gasteiger charge is 2.39. The van der Waals surface area contributed by atoms with Gasteiger partial charge in [0.1, 0.15) is 6.04 Å². The van der Waals surface area contributed by atoms with Crippen molar-refractivity contribution in [3.05, 3.63) is 57.8 Å². The first-order valence-corrected chi connectivity index (χ1v) is 8.56. The van der Waals surface area contributed by atoms with Crippen LogP contribution in [0.2, 0.25) is 0 Å². The van der Waals surface area contributed by atoms with Gasteiger partial charge in [-0.2, -0.15) is 4.98 Å². The van der Waals surface area contributed by atoms with E-state index in [0.717, 1.165) is 0 Å². The number of H-pyrrole nitrogens is 1. The van der Waals surface area contributed by atoms with Crippen LogP contribution in [0.1, 0.15) is 39.1 Å². The Kier molecular flexibility index (Phi) is 4.22. The van der Waals surface area contributed by atoms with E-state index in [1.54, 1.807) is 12.1 Å². The summed E-state index contributed by atoms with van der Waals surface area (Å²) in [6.45, 7) is 0.182. The van der Waals surface area contributed by atoms with Crippen LogP contribution in [0.5, 0.6) is 0 Å².